The van der Waals surface area contributed by atoms with Crippen LogP contribution in [0.2, 0.25) is 0 Å². The fourth-order valence-corrected chi connectivity index (χ4v) is 3.25. The van der Waals surface area contributed by atoms with E-state index in [0.717, 1.165) is 51.7 Å². The molecule has 24 heavy (non-hydrogen) atoms. The van der Waals surface area contributed by atoms with Crippen molar-refractivity contribution in [2.45, 2.75) is 32.2 Å². The fraction of sp³-hybridized carbons (Fsp3) is 0.765. The van der Waals surface area contributed by atoms with Gasteiger partial charge in [-0.3, -0.25) is 9.69 Å². The molecule has 3 rings (SSSR count). The van der Waals surface area contributed by atoms with Gasteiger partial charge >= 0.3 is 0 Å². The van der Waals surface area contributed by atoms with Gasteiger partial charge < -0.3 is 19.5 Å². The second kappa shape index (κ2) is 9.15. The molecule has 7 nitrogen and oxygen atoms in total. The van der Waals surface area contributed by atoms with Gasteiger partial charge in [0.05, 0.1) is 19.8 Å². The van der Waals surface area contributed by atoms with Crippen LogP contribution in [0.25, 0.3) is 0 Å². The molecule has 134 valence electrons. The van der Waals surface area contributed by atoms with E-state index in [4.69, 9.17) is 9.26 Å². The number of carbonyl (C=O) groups excluding carboxylic acids is 1. The van der Waals surface area contributed by atoms with Crippen molar-refractivity contribution in [2.75, 3.05) is 52.5 Å². The molecule has 0 atom stereocenters. The van der Waals surface area contributed by atoms with E-state index in [2.05, 4.69) is 20.3 Å². The van der Waals surface area contributed by atoms with Gasteiger partial charge in [-0.1, -0.05) is 18.0 Å². The zero-order valence-corrected chi connectivity index (χ0v) is 14.3. The molecule has 2 saturated heterocycles. The third kappa shape index (κ3) is 5.29. The van der Waals surface area contributed by atoms with Crippen molar-refractivity contribution in [3.63, 3.8) is 0 Å². The Morgan fingerprint density at radius 1 is 1.08 bits per heavy atom. The molecule has 1 aromatic rings. The number of rotatable bonds is 6. The lowest BCUT2D eigenvalue weighted by molar-refractivity contribution is 0.0305. The Morgan fingerprint density at radius 3 is 2.58 bits per heavy atom. The van der Waals surface area contributed by atoms with Crippen LogP contribution in [-0.2, 0) is 11.3 Å². The summed E-state index contributed by atoms with van der Waals surface area (Å²) < 4.78 is 10.6. The first-order valence-corrected chi connectivity index (χ1v) is 9.07. The molecule has 0 bridgehead atoms. The number of hydrogen-bond acceptors (Lipinski definition) is 6. The summed E-state index contributed by atoms with van der Waals surface area (Å²) in [6.07, 6.45) is 5.19. The van der Waals surface area contributed by atoms with Crippen LogP contribution in [0.15, 0.2) is 10.6 Å². The van der Waals surface area contributed by atoms with Crippen LogP contribution in [0.3, 0.4) is 0 Å². The molecule has 0 aliphatic carbocycles. The standard InChI is InChI=1S/C17H28N4O3/c22-17(18-5-8-20-6-3-1-2-4-7-20)16-13-15(24-19-16)14-21-9-11-23-12-10-21/h13H,1-12,14H2,(H,18,22). The van der Waals surface area contributed by atoms with Crippen molar-refractivity contribution < 1.29 is 14.1 Å². The van der Waals surface area contributed by atoms with Crippen LogP contribution >= 0.6 is 0 Å². The second-order valence-electron chi connectivity index (χ2n) is 6.58. The first-order valence-electron chi connectivity index (χ1n) is 9.07. The van der Waals surface area contributed by atoms with Crippen molar-refractivity contribution in [1.29, 1.82) is 0 Å². The number of aromatic nitrogens is 1. The predicted molar refractivity (Wildman–Crippen MR) is 89.8 cm³/mol. The molecule has 0 saturated carbocycles. The number of amides is 1. The smallest absolute Gasteiger partial charge is 0.273 e. The van der Waals surface area contributed by atoms with Crippen LogP contribution < -0.4 is 5.32 Å². The highest BCUT2D eigenvalue weighted by Gasteiger charge is 2.17. The summed E-state index contributed by atoms with van der Waals surface area (Å²) in [5, 5.41) is 6.85. The van der Waals surface area contributed by atoms with Gasteiger partial charge in [-0.2, -0.15) is 0 Å². The summed E-state index contributed by atoms with van der Waals surface area (Å²) in [5.74, 6) is 0.580. The van der Waals surface area contributed by atoms with E-state index in [0.29, 0.717) is 18.8 Å². The summed E-state index contributed by atoms with van der Waals surface area (Å²) in [4.78, 5) is 16.8. The quantitative estimate of drug-likeness (QED) is 0.839. The third-order valence-electron chi connectivity index (χ3n) is 4.69. The van der Waals surface area contributed by atoms with E-state index in [-0.39, 0.29) is 5.91 Å². The molecule has 0 spiro atoms. The first-order chi connectivity index (χ1) is 11.8. The Morgan fingerprint density at radius 2 is 1.83 bits per heavy atom. The van der Waals surface area contributed by atoms with Gasteiger partial charge in [-0.25, -0.2) is 0 Å². The Balaban J connectivity index is 1.40. The molecular weight excluding hydrogens is 308 g/mol. The molecule has 1 aromatic heterocycles. The summed E-state index contributed by atoms with van der Waals surface area (Å²) in [7, 11) is 0. The molecule has 0 radical (unpaired) electrons. The highest BCUT2D eigenvalue weighted by molar-refractivity contribution is 5.92. The minimum Gasteiger partial charge on any atom is -0.379 e. The third-order valence-corrected chi connectivity index (χ3v) is 4.69. The zero-order chi connectivity index (χ0) is 16.6. The van der Waals surface area contributed by atoms with E-state index in [1.807, 2.05) is 0 Å². The van der Waals surface area contributed by atoms with Crippen LogP contribution in [0, 0.1) is 0 Å². The monoisotopic (exact) mass is 336 g/mol. The molecule has 2 aliphatic rings. The molecule has 0 aromatic carbocycles. The van der Waals surface area contributed by atoms with Gasteiger partial charge in [0.15, 0.2) is 11.5 Å². The minimum atomic E-state index is -0.151. The number of ether oxygens (including phenoxy) is 1. The Hall–Kier alpha value is -1.44. The molecule has 3 heterocycles. The SMILES string of the molecule is O=C(NCCN1CCCCCC1)c1cc(CN2CCOCC2)on1. The summed E-state index contributed by atoms with van der Waals surface area (Å²) >= 11 is 0. The fourth-order valence-electron chi connectivity index (χ4n) is 3.25. The van der Waals surface area contributed by atoms with Gasteiger partial charge in [-0.15, -0.1) is 0 Å². The van der Waals surface area contributed by atoms with E-state index < -0.39 is 0 Å². The summed E-state index contributed by atoms with van der Waals surface area (Å²) in [6.45, 7) is 7.80. The van der Waals surface area contributed by atoms with E-state index in [9.17, 15) is 4.79 Å². The van der Waals surface area contributed by atoms with E-state index in [1.54, 1.807) is 6.07 Å². The lowest BCUT2D eigenvalue weighted by atomic mass is 10.2. The Bertz CT molecular complexity index is 506. The lowest BCUT2D eigenvalue weighted by Gasteiger charge is -2.25. The molecule has 7 heteroatoms. The molecule has 1 N–H and O–H groups in total. The van der Waals surface area contributed by atoms with Crippen molar-refractivity contribution in [3.8, 4) is 0 Å². The van der Waals surface area contributed by atoms with Gasteiger partial charge in [0.2, 0.25) is 0 Å². The van der Waals surface area contributed by atoms with E-state index in [1.165, 1.54) is 25.7 Å². The highest BCUT2D eigenvalue weighted by Crippen LogP contribution is 2.10. The number of nitrogens with one attached hydrogen (secondary N) is 1. The summed E-state index contributed by atoms with van der Waals surface area (Å²) in [6, 6.07) is 1.75. The van der Waals surface area contributed by atoms with Gasteiger partial charge in [0.1, 0.15) is 0 Å². The van der Waals surface area contributed by atoms with Crippen molar-refractivity contribution >= 4 is 5.91 Å². The zero-order valence-electron chi connectivity index (χ0n) is 14.3. The van der Waals surface area contributed by atoms with Gasteiger partial charge in [0.25, 0.3) is 5.91 Å². The van der Waals surface area contributed by atoms with Crippen LogP contribution in [-0.4, -0.2) is 73.3 Å². The van der Waals surface area contributed by atoms with Crippen LogP contribution in [0.5, 0.6) is 0 Å². The first kappa shape index (κ1) is 17.4. The molecule has 1 amide bonds. The average Bonchev–Trinajstić information content (AvgIpc) is 2.91. The number of likely N-dealkylation sites (tertiary alicyclic amines) is 1. The Labute approximate surface area is 143 Å². The van der Waals surface area contributed by atoms with Crippen LogP contribution in [0.4, 0.5) is 0 Å². The molecule has 0 unspecified atom stereocenters. The van der Waals surface area contributed by atoms with E-state index >= 15 is 0 Å². The molecule has 2 fully saturated rings. The van der Waals surface area contributed by atoms with Crippen molar-refractivity contribution in [1.82, 2.24) is 20.3 Å². The molecular formula is C17H28N4O3. The number of carbonyl (C=O) groups is 1. The number of hydrogen-bond donors (Lipinski definition) is 1. The second-order valence-corrected chi connectivity index (χ2v) is 6.58. The lowest BCUT2D eigenvalue weighted by Crippen LogP contribution is -2.35. The maximum atomic E-state index is 12.2. The highest BCUT2D eigenvalue weighted by atomic mass is 16.5. The maximum Gasteiger partial charge on any atom is 0.273 e. The largest absolute Gasteiger partial charge is 0.379 e. The van der Waals surface area contributed by atoms with Crippen LogP contribution in [0.1, 0.15) is 41.9 Å². The topological polar surface area (TPSA) is 70.8 Å². The average molecular weight is 336 g/mol. The summed E-state index contributed by atoms with van der Waals surface area (Å²) in [5.41, 5.74) is 0.370. The van der Waals surface area contributed by atoms with Crippen molar-refractivity contribution in [3.05, 3.63) is 17.5 Å². The molecule has 2 aliphatic heterocycles. The number of nitrogens with zero attached hydrogens (tertiary/aromatic N) is 3. The van der Waals surface area contributed by atoms with Gasteiger partial charge in [0, 0.05) is 32.2 Å². The Kier molecular flexibility index (Phi) is 6.63. The predicted octanol–water partition coefficient (Wildman–Crippen LogP) is 1.11. The normalized spacial score (nSPS) is 20.7. The number of morpholine rings is 1. The van der Waals surface area contributed by atoms with Crippen molar-refractivity contribution in [2.24, 2.45) is 0 Å². The van der Waals surface area contributed by atoms with Gasteiger partial charge in [-0.05, 0) is 25.9 Å². The maximum absolute atomic E-state index is 12.2. The minimum absolute atomic E-state index is 0.151.